The van der Waals surface area contributed by atoms with Crippen LogP contribution in [0.2, 0.25) is 0 Å². The van der Waals surface area contributed by atoms with Crippen molar-refractivity contribution in [1.29, 1.82) is 0 Å². The van der Waals surface area contributed by atoms with Gasteiger partial charge in [0, 0.05) is 20.6 Å². The zero-order chi connectivity index (χ0) is 14.8. The number of ether oxygens (including phenoxy) is 1. The minimum Gasteiger partial charge on any atom is -0.493 e. The van der Waals surface area contributed by atoms with Crippen molar-refractivity contribution in [2.24, 2.45) is 0 Å². The minimum atomic E-state index is 0.254. The van der Waals surface area contributed by atoms with Crippen LogP contribution >= 0.6 is 27.3 Å². The molecule has 1 aliphatic heterocycles. The molecule has 0 bridgehead atoms. The molecule has 0 saturated heterocycles. The van der Waals surface area contributed by atoms with E-state index in [0.29, 0.717) is 0 Å². The molecule has 3 rings (SSSR count). The third-order valence-electron chi connectivity index (χ3n) is 3.74. The molecule has 0 fully saturated rings. The van der Waals surface area contributed by atoms with Crippen molar-refractivity contribution in [1.82, 2.24) is 5.32 Å². The fourth-order valence-electron chi connectivity index (χ4n) is 2.73. The van der Waals surface area contributed by atoms with Crippen LogP contribution in [0.15, 0.2) is 28.7 Å². The summed E-state index contributed by atoms with van der Waals surface area (Å²) in [4.78, 5) is 2.70. The number of thiophene rings is 1. The van der Waals surface area contributed by atoms with E-state index in [0.717, 1.165) is 31.7 Å². The molecule has 1 unspecified atom stereocenters. The standard InChI is InChI=1S/C17H20BrNOS/c1-3-7-19-16(17-14(18)9-11(2)21-17)13-4-5-15-12(10-13)6-8-20-15/h4-5,9-10,16,19H,3,6-8H2,1-2H3. The van der Waals surface area contributed by atoms with Crippen LogP contribution in [0.4, 0.5) is 0 Å². The van der Waals surface area contributed by atoms with Gasteiger partial charge in [0.1, 0.15) is 5.75 Å². The molecule has 2 nitrogen and oxygen atoms in total. The summed E-state index contributed by atoms with van der Waals surface area (Å²) in [6.07, 6.45) is 2.15. The van der Waals surface area contributed by atoms with Gasteiger partial charge in [-0.05, 0) is 59.1 Å². The van der Waals surface area contributed by atoms with E-state index in [1.165, 1.54) is 25.4 Å². The molecule has 1 atom stereocenters. The Balaban J connectivity index is 1.97. The zero-order valence-corrected chi connectivity index (χ0v) is 14.8. The second kappa shape index (κ2) is 6.51. The number of aryl methyl sites for hydroxylation is 1. The van der Waals surface area contributed by atoms with Gasteiger partial charge in [0.2, 0.25) is 0 Å². The Morgan fingerprint density at radius 3 is 2.95 bits per heavy atom. The van der Waals surface area contributed by atoms with E-state index in [9.17, 15) is 0 Å². The van der Waals surface area contributed by atoms with Crippen LogP contribution in [0, 0.1) is 6.92 Å². The molecule has 2 aromatic rings. The predicted octanol–water partition coefficient (Wildman–Crippen LogP) is 4.84. The molecule has 0 radical (unpaired) electrons. The van der Waals surface area contributed by atoms with Crippen molar-refractivity contribution >= 4 is 27.3 Å². The van der Waals surface area contributed by atoms with E-state index in [-0.39, 0.29) is 6.04 Å². The monoisotopic (exact) mass is 365 g/mol. The summed E-state index contributed by atoms with van der Waals surface area (Å²) in [5.41, 5.74) is 2.66. The molecule has 0 amide bonds. The number of hydrogen-bond donors (Lipinski definition) is 1. The average molecular weight is 366 g/mol. The molecule has 112 valence electrons. The number of benzene rings is 1. The lowest BCUT2D eigenvalue weighted by Gasteiger charge is -2.19. The molecule has 21 heavy (non-hydrogen) atoms. The van der Waals surface area contributed by atoms with Gasteiger partial charge in [-0.25, -0.2) is 0 Å². The van der Waals surface area contributed by atoms with Crippen LogP contribution in [0.25, 0.3) is 0 Å². The molecule has 0 spiro atoms. The third-order valence-corrected chi connectivity index (χ3v) is 5.78. The summed E-state index contributed by atoms with van der Waals surface area (Å²) in [7, 11) is 0. The Labute approximate surface area is 138 Å². The van der Waals surface area contributed by atoms with Crippen LogP contribution in [0.1, 0.15) is 40.3 Å². The largest absolute Gasteiger partial charge is 0.493 e. The topological polar surface area (TPSA) is 21.3 Å². The fourth-order valence-corrected chi connectivity index (χ4v) is 4.72. The second-order valence-electron chi connectivity index (χ2n) is 5.42. The fraction of sp³-hybridized carbons (Fsp3) is 0.412. The van der Waals surface area contributed by atoms with E-state index < -0.39 is 0 Å². The first kappa shape index (κ1) is 15.1. The van der Waals surface area contributed by atoms with Gasteiger partial charge in [-0.1, -0.05) is 19.1 Å². The zero-order valence-electron chi connectivity index (χ0n) is 12.4. The van der Waals surface area contributed by atoms with Crippen molar-refractivity contribution < 1.29 is 4.74 Å². The molecule has 1 aromatic heterocycles. The highest BCUT2D eigenvalue weighted by molar-refractivity contribution is 9.10. The van der Waals surface area contributed by atoms with E-state index in [1.54, 1.807) is 0 Å². The van der Waals surface area contributed by atoms with Crippen LogP contribution in [-0.4, -0.2) is 13.2 Å². The Morgan fingerprint density at radius 2 is 2.24 bits per heavy atom. The van der Waals surface area contributed by atoms with Gasteiger partial charge in [0.05, 0.1) is 12.6 Å². The molecular formula is C17H20BrNOS. The number of hydrogen-bond acceptors (Lipinski definition) is 3. The average Bonchev–Trinajstić information content (AvgIpc) is 3.05. The van der Waals surface area contributed by atoms with Crippen LogP contribution in [-0.2, 0) is 6.42 Å². The Hall–Kier alpha value is -0.840. The first-order valence-electron chi connectivity index (χ1n) is 7.44. The maximum Gasteiger partial charge on any atom is 0.122 e. The Bertz CT molecular complexity index is 638. The number of rotatable bonds is 5. The molecule has 2 heterocycles. The Morgan fingerprint density at radius 1 is 1.38 bits per heavy atom. The third kappa shape index (κ3) is 3.17. The van der Waals surface area contributed by atoms with Crippen molar-refractivity contribution in [3.63, 3.8) is 0 Å². The summed E-state index contributed by atoms with van der Waals surface area (Å²) in [5.74, 6) is 1.05. The molecule has 1 N–H and O–H groups in total. The van der Waals surface area contributed by atoms with Gasteiger partial charge in [-0.2, -0.15) is 0 Å². The van der Waals surface area contributed by atoms with Gasteiger partial charge >= 0.3 is 0 Å². The van der Waals surface area contributed by atoms with E-state index in [4.69, 9.17) is 4.74 Å². The summed E-state index contributed by atoms with van der Waals surface area (Å²) in [6.45, 7) is 6.19. The van der Waals surface area contributed by atoms with E-state index in [1.807, 2.05) is 11.3 Å². The Kier molecular flexibility index (Phi) is 4.67. The van der Waals surface area contributed by atoms with Crippen LogP contribution < -0.4 is 10.1 Å². The van der Waals surface area contributed by atoms with Crippen molar-refractivity contribution in [3.8, 4) is 5.75 Å². The number of fused-ring (bicyclic) bond motifs is 1. The lowest BCUT2D eigenvalue weighted by atomic mass is 10.0. The minimum absolute atomic E-state index is 0.254. The van der Waals surface area contributed by atoms with Gasteiger partial charge in [-0.15, -0.1) is 11.3 Å². The van der Waals surface area contributed by atoms with E-state index >= 15 is 0 Å². The number of nitrogens with one attached hydrogen (secondary N) is 1. The highest BCUT2D eigenvalue weighted by atomic mass is 79.9. The maximum atomic E-state index is 5.62. The predicted molar refractivity (Wildman–Crippen MR) is 92.5 cm³/mol. The van der Waals surface area contributed by atoms with Gasteiger partial charge in [0.25, 0.3) is 0 Å². The van der Waals surface area contributed by atoms with E-state index in [2.05, 4.69) is 59.4 Å². The molecule has 4 heteroatoms. The SMILES string of the molecule is CCCNC(c1ccc2c(c1)CCO2)c1sc(C)cc1Br. The molecule has 0 saturated carbocycles. The first-order chi connectivity index (χ1) is 10.2. The number of halogens is 1. The van der Waals surface area contributed by atoms with Gasteiger partial charge in [0.15, 0.2) is 0 Å². The molecule has 1 aliphatic rings. The summed E-state index contributed by atoms with van der Waals surface area (Å²) >= 11 is 5.58. The summed E-state index contributed by atoms with van der Waals surface area (Å²) in [6, 6.07) is 9.07. The van der Waals surface area contributed by atoms with Crippen LogP contribution in [0.5, 0.6) is 5.75 Å². The maximum absolute atomic E-state index is 5.62. The van der Waals surface area contributed by atoms with Crippen LogP contribution in [0.3, 0.4) is 0 Å². The lowest BCUT2D eigenvalue weighted by molar-refractivity contribution is 0.357. The summed E-state index contributed by atoms with van der Waals surface area (Å²) in [5, 5.41) is 3.69. The van der Waals surface area contributed by atoms with Gasteiger partial charge < -0.3 is 10.1 Å². The molecule has 1 aromatic carbocycles. The summed E-state index contributed by atoms with van der Waals surface area (Å²) < 4.78 is 6.82. The lowest BCUT2D eigenvalue weighted by Crippen LogP contribution is -2.22. The van der Waals surface area contributed by atoms with Crippen molar-refractivity contribution in [2.75, 3.05) is 13.2 Å². The second-order valence-corrected chi connectivity index (χ2v) is 7.56. The molecule has 0 aliphatic carbocycles. The van der Waals surface area contributed by atoms with Crippen molar-refractivity contribution in [3.05, 3.63) is 49.6 Å². The van der Waals surface area contributed by atoms with Gasteiger partial charge in [-0.3, -0.25) is 0 Å². The highest BCUT2D eigenvalue weighted by Crippen LogP contribution is 2.37. The highest BCUT2D eigenvalue weighted by Gasteiger charge is 2.21. The normalized spacial score (nSPS) is 14.8. The molecular weight excluding hydrogens is 346 g/mol. The smallest absolute Gasteiger partial charge is 0.122 e. The quantitative estimate of drug-likeness (QED) is 0.817. The first-order valence-corrected chi connectivity index (χ1v) is 9.05. The van der Waals surface area contributed by atoms with Crippen molar-refractivity contribution in [2.45, 2.75) is 32.7 Å².